The average molecular weight is 491 g/mol. The fourth-order valence-corrected chi connectivity index (χ4v) is 5.55. The molecule has 1 unspecified atom stereocenters. The van der Waals surface area contributed by atoms with E-state index in [1.165, 1.54) is 29.5 Å². The molecule has 2 aromatic carbocycles. The zero-order chi connectivity index (χ0) is 23.7. The molecule has 2 aromatic rings. The molecule has 0 heterocycles. The lowest BCUT2D eigenvalue weighted by molar-refractivity contribution is -0.150. The van der Waals surface area contributed by atoms with Crippen LogP contribution in [0.1, 0.15) is 31.2 Å². The van der Waals surface area contributed by atoms with Gasteiger partial charge in [-0.3, -0.25) is 9.59 Å². The van der Waals surface area contributed by atoms with Crippen LogP contribution in [0.5, 0.6) is 0 Å². The number of amides is 1. The van der Waals surface area contributed by atoms with Gasteiger partial charge in [0.15, 0.2) is 6.61 Å². The van der Waals surface area contributed by atoms with Gasteiger partial charge < -0.3 is 10.1 Å². The predicted molar refractivity (Wildman–Crippen MR) is 129 cm³/mol. The van der Waals surface area contributed by atoms with E-state index in [2.05, 4.69) is 22.2 Å². The summed E-state index contributed by atoms with van der Waals surface area (Å²) in [4.78, 5) is 25.1. The Balaban J connectivity index is 1.54. The highest BCUT2D eigenvalue weighted by Gasteiger charge is 2.38. The molecule has 0 spiro atoms. The maximum Gasteiger partial charge on any atom is 0.324 e. The molecule has 33 heavy (non-hydrogen) atoms. The Morgan fingerprint density at radius 1 is 1.06 bits per heavy atom. The number of ether oxygens (including phenoxy) is 1. The minimum Gasteiger partial charge on any atom is -0.454 e. The number of thioether (sulfide) groups is 1. The highest BCUT2D eigenvalue weighted by molar-refractivity contribution is 7.98. The third kappa shape index (κ3) is 6.82. The molecular weight excluding hydrogens is 460 g/mol. The van der Waals surface area contributed by atoms with E-state index in [0.29, 0.717) is 12.3 Å². The SMILES string of the molecule is CSCCC(NS(=O)(=O)c1ccccc1)C(=O)OCC(=O)NCC1(c2ccccc2)CCC1. The Labute approximate surface area is 199 Å². The highest BCUT2D eigenvalue weighted by atomic mass is 32.2. The largest absolute Gasteiger partial charge is 0.454 e. The summed E-state index contributed by atoms with van der Waals surface area (Å²) in [5.74, 6) is -0.608. The zero-order valence-corrected chi connectivity index (χ0v) is 20.3. The molecule has 1 amide bonds. The fourth-order valence-electron chi connectivity index (χ4n) is 3.83. The van der Waals surface area contributed by atoms with Crippen molar-refractivity contribution in [1.29, 1.82) is 0 Å². The smallest absolute Gasteiger partial charge is 0.324 e. The second-order valence-electron chi connectivity index (χ2n) is 8.15. The van der Waals surface area contributed by atoms with Crippen molar-refractivity contribution in [3.05, 3.63) is 66.2 Å². The lowest BCUT2D eigenvalue weighted by atomic mass is 9.64. The van der Waals surface area contributed by atoms with Crippen LogP contribution in [-0.4, -0.2) is 51.5 Å². The number of benzene rings is 2. The van der Waals surface area contributed by atoms with Gasteiger partial charge in [0.1, 0.15) is 6.04 Å². The molecule has 0 saturated heterocycles. The van der Waals surface area contributed by atoms with E-state index in [9.17, 15) is 18.0 Å². The number of esters is 1. The van der Waals surface area contributed by atoms with Gasteiger partial charge in [-0.15, -0.1) is 0 Å². The molecule has 1 atom stereocenters. The van der Waals surface area contributed by atoms with Crippen molar-refractivity contribution in [2.24, 2.45) is 0 Å². The van der Waals surface area contributed by atoms with Gasteiger partial charge in [-0.1, -0.05) is 55.0 Å². The third-order valence-electron chi connectivity index (χ3n) is 5.91. The van der Waals surface area contributed by atoms with Gasteiger partial charge >= 0.3 is 5.97 Å². The number of hydrogen-bond donors (Lipinski definition) is 2. The van der Waals surface area contributed by atoms with Crippen molar-refractivity contribution < 1.29 is 22.7 Å². The number of rotatable bonds is 12. The van der Waals surface area contributed by atoms with Gasteiger partial charge in [-0.25, -0.2) is 8.42 Å². The number of carbonyl (C=O) groups is 2. The van der Waals surface area contributed by atoms with Crippen molar-refractivity contribution in [2.45, 2.75) is 42.0 Å². The molecule has 1 aliphatic rings. The number of nitrogens with one attached hydrogen (secondary N) is 2. The van der Waals surface area contributed by atoms with Crippen LogP contribution in [-0.2, 0) is 29.8 Å². The summed E-state index contributed by atoms with van der Waals surface area (Å²) < 4.78 is 32.9. The Morgan fingerprint density at radius 3 is 2.27 bits per heavy atom. The maximum atomic E-state index is 12.6. The molecule has 1 aliphatic carbocycles. The average Bonchev–Trinajstić information content (AvgIpc) is 2.80. The minimum atomic E-state index is -3.89. The fraction of sp³-hybridized carbons (Fsp3) is 0.417. The van der Waals surface area contributed by atoms with E-state index in [1.807, 2.05) is 24.5 Å². The van der Waals surface area contributed by atoms with E-state index in [1.54, 1.807) is 18.2 Å². The lowest BCUT2D eigenvalue weighted by Crippen LogP contribution is -2.47. The van der Waals surface area contributed by atoms with E-state index < -0.39 is 34.5 Å². The monoisotopic (exact) mass is 490 g/mol. The standard InChI is InChI=1S/C24H30N2O5S2/c1-32-16-13-21(26-33(29,30)20-11-6-3-7-12-20)23(28)31-17-22(27)25-18-24(14-8-15-24)19-9-4-2-5-10-19/h2-7,9-12,21,26H,8,13-18H2,1H3,(H,25,27). The first-order valence-corrected chi connectivity index (χ1v) is 13.8. The summed E-state index contributed by atoms with van der Waals surface area (Å²) in [6.45, 7) is 0.0243. The molecule has 0 radical (unpaired) electrons. The lowest BCUT2D eigenvalue weighted by Gasteiger charge is -2.42. The first kappa shape index (κ1) is 25.3. The number of sulfonamides is 1. The number of carbonyl (C=O) groups excluding carboxylic acids is 2. The van der Waals surface area contributed by atoms with Gasteiger partial charge in [0.2, 0.25) is 10.0 Å². The summed E-state index contributed by atoms with van der Waals surface area (Å²) >= 11 is 1.49. The first-order chi connectivity index (χ1) is 15.9. The topological polar surface area (TPSA) is 102 Å². The summed E-state index contributed by atoms with van der Waals surface area (Å²) in [6.07, 6.45) is 5.22. The number of hydrogen-bond acceptors (Lipinski definition) is 6. The molecule has 178 valence electrons. The van der Waals surface area contributed by atoms with Crippen LogP contribution in [0.15, 0.2) is 65.6 Å². The van der Waals surface area contributed by atoms with E-state index in [-0.39, 0.29) is 16.7 Å². The molecule has 1 saturated carbocycles. The Morgan fingerprint density at radius 2 is 1.70 bits per heavy atom. The van der Waals surface area contributed by atoms with Crippen LogP contribution >= 0.6 is 11.8 Å². The van der Waals surface area contributed by atoms with Crippen LogP contribution in [0, 0.1) is 0 Å². The minimum absolute atomic E-state index is 0.0661. The molecular formula is C24H30N2O5S2. The van der Waals surface area contributed by atoms with Crippen molar-refractivity contribution in [1.82, 2.24) is 10.0 Å². The maximum absolute atomic E-state index is 12.6. The van der Waals surface area contributed by atoms with Gasteiger partial charge in [0.25, 0.3) is 5.91 Å². The van der Waals surface area contributed by atoms with Crippen LogP contribution in [0.2, 0.25) is 0 Å². The van der Waals surface area contributed by atoms with Crippen molar-refractivity contribution in [3.8, 4) is 0 Å². The van der Waals surface area contributed by atoms with Gasteiger partial charge in [0.05, 0.1) is 4.90 Å². The molecule has 1 fully saturated rings. The van der Waals surface area contributed by atoms with Crippen molar-refractivity contribution in [2.75, 3.05) is 25.2 Å². The normalized spacial score (nSPS) is 15.8. The molecule has 0 bridgehead atoms. The van der Waals surface area contributed by atoms with Crippen LogP contribution < -0.4 is 10.0 Å². The summed E-state index contributed by atoms with van der Waals surface area (Å²) in [5.41, 5.74) is 1.12. The van der Waals surface area contributed by atoms with Crippen LogP contribution in [0.25, 0.3) is 0 Å². The third-order valence-corrected chi connectivity index (χ3v) is 8.04. The van der Waals surface area contributed by atoms with Crippen molar-refractivity contribution >= 4 is 33.7 Å². The summed E-state index contributed by atoms with van der Waals surface area (Å²) in [5, 5.41) is 2.88. The zero-order valence-electron chi connectivity index (χ0n) is 18.7. The van der Waals surface area contributed by atoms with Gasteiger partial charge in [-0.05, 0) is 49.0 Å². The molecule has 0 aliphatic heterocycles. The van der Waals surface area contributed by atoms with Gasteiger partial charge in [-0.2, -0.15) is 16.5 Å². The molecule has 0 aromatic heterocycles. The Bertz CT molecular complexity index is 1030. The summed E-state index contributed by atoms with van der Waals surface area (Å²) in [7, 11) is -3.89. The summed E-state index contributed by atoms with van der Waals surface area (Å²) in [6, 6.07) is 16.9. The van der Waals surface area contributed by atoms with Crippen LogP contribution in [0.4, 0.5) is 0 Å². The Kier molecular flexibility index (Phi) is 8.94. The molecule has 3 rings (SSSR count). The highest BCUT2D eigenvalue weighted by Crippen LogP contribution is 2.43. The Hall–Kier alpha value is -2.36. The van der Waals surface area contributed by atoms with Crippen LogP contribution in [0.3, 0.4) is 0 Å². The van der Waals surface area contributed by atoms with Gasteiger partial charge in [0, 0.05) is 12.0 Å². The van der Waals surface area contributed by atoms with E-state index >= 15 is 0 Å². The second kappa shape index (κ2) is 11.7. The van der Waals surface area contributed by atoms with Crippen molar-refractivity contribution in [3.63, 3.8) is 0 Å². The quantitative estimate of drug-likeness (QED) is 0.444. The molecule has 2 N–H and O–H groups in total. The molecule has 7 nitrogen and oxygen atoms in total. The second-order valence-corrected chi connectivity index (χ2v) is 10.9. The van der Waals surface area contributed by atoms with E-state index in [0.717, 1.165) is 19.3 Å². The van der Waals surface area contributed by atoms with E-state index in [4.69, 9.17) is 4.74 Å². The first-order valence-electron chi connectivity index (χ1n) is 10.9. The molecule has 9 heteroatoms. The predicted octanol–water partition coefficient (Wildman–Crippen LogP) is 2.87.